The Kier molecular flexibility index (Phi) is 5.03. The molecule has 0 bridgehead atoms. The zero-order chi connectivity index (χ0) is 14.0. The number of aryl methyl sites for hydroxylation is 1. The van der Waals surface area contributed by atoms with E-state index in [2.05, 4.69) is 53.8 Å². The van der Waals surface area contributed by atoms with Crippen molar-refractivity contribution in [2.24, 2.45) is 0 Å². The first-order chi connectivity index (χ1) is 9.02. The van der Waals surface area contributed by atoms with E-state index in [1.807, 2.05) is 32.0 Å². The maximum absolute atomic E-state index is 6.00. The number of hydrogen-bond donors (Lipinski definition) is 1. The van der Waals surface area contributed by atoms with E-state index in [0.717, 1.165) is 31.7 Å². The largest absolute Gasteiger partial charge is 0.369 e. The fraction of sp³-hybridized carbons (Fsp3) is 0.231. The van der Waals surface area contributed by atoms with Gasteiger partial charge in [-0.3, -0.25) is 0 Å². The molecule has 0 radical (unpaired) electrons. The van der Waals surface area contributed by atoms with Gasteiger partial charge < -0.3 is 5.32 Å². The Balaban J connectivity index is 2.52. The van der Waals surface area contributed by atoms with Gasteiger partial charge in [-0.25, -0.2) is 9.97 Å². The van der Waals surface area contributed by atoms with Gasteiger partial charge in [-0.2, -0.15) is 0 Å². The van der Waals surface area contributed by atoms with Gasteiger partial charge in [0.05, 0.1) is 14.3 Å². The van der Waals surface area contributed by atoms with E-state index in [0.29, 0.717) is 10.8 Å². The predicted molar refractivity (Wildman–Crippen MR) is 91.8 cm³/mol. The van der Waals surface area contributed by atoms with Crippen molar-refractivity contribution >= 4 is 55.9 Å². The van der Waals surface area contributed by atoms with Crippen LogP contribution in [0.15, 0.2) is 22.7 Å². The fourth-order valence-corrected chi connectivity index (χ4v) is 2.54. The SMILES string of the molecule is CCNc1nc(-c2ccc(Cl)c(Br)c2)nc(C)c1I. The summed E-state index contributed by atoms with van der Waals surface area (Å²) in [5.41, 5.74) is 1.91. The normalized spacial score (nSPS) is 10.6. The van der Waals surface area contributed by atoms with Gasteiger partial charge in [-0.05, 0) is 70.6 Å². The molecule has 0 aliphatic carbocycles. The number of anilines is 1. The Hall–Kier alpha value is -0.400. The van der Waals surface area contributed by atoms with Gasteiger partial charge in [0.15, 0.2) is 5.82 Å². The second-order valence-electron chi connectivity index (χ2n) is 3.95. The molecule has 0 unspecified atom stereocenters. The number of nitrogens with one attached hydrogen (secondary N) is 1. The highest BCUT2D eigenvalue weighted by Crippen LogP contribution is 2.29. The summed E-state index contributed by atoms with van der Waals surface area (Å²) >= 11 is 11.7. The zero-order valence-electron chi connectivity index (χ0n) is 10.5. The molecule has 0 amide bonds. The van der Waals surface area contributed by atoms with E-state index in [4.69, 9.17) is 11.6 Å². The van der Waals surface area contributed by atoms with Gasteiger partial charge in [0.1, 0.15) is 5.82 Å². The van der Waals surface area contributed by atoms with E-state index in [9.17, 15) is 0 Å². The van der Waals surface area contributed by atoms with Crippen LogP contribution in [0.5, 0.6) is 0 Å². The first-order valence-electron chi connectivity index (χ1n) is 5.76. The molecule has 0 aliphatic rings. The van der Waals surface area contributed by atoms with Crippen molar-refractivity contribution in [1.82, 2.24) is 9.97 Å². The Morgan fingerprint density at radius 1 is 1.37 bits per heavy atom. The highest BCUT2D eigenvalue weighted by molar-refractivity contribution is 14.1. The van der Waals surface area contributed by atoms with Crippen molar-refractivity contribution in [3.05, 3.63) is 37.0 Å². The summed E-state index contributed by atoms with van der Waals surface area (Å²) in [4.78, 5) is 9.10. The van der Waals surface area contributed by atoms with Crippen LogP contribution in [0, 0.1) is 10.5 Å². The van der Waals surface area contributed by atoms with E-state index in [1.165, 1.54) is 0 Å². The van der Waals surface area contributed by atoms with Crippen molar-refractivity contribution in [3.8, 4) is 11.4 Å². The molecular formula is C13H12BrClIN3. The monoisotopic (exact) mass is 451 g/mol. The highest BCUT2D eigenvalue weighted by atomic mass is 127. The van der Waals surface area contributed by atoms with Crippen LogP contribution in [0.3, 0.4) is 0 Å². The molecule has 1 heterocycles. The summed E-state index contributed by atoms with van der Waals surface area (Å²) in [6.07, 6.45) is 0. The van der Waals surface area contributed by atoms with Crippen molar-refractivity contribution in [1.29, 1.82) is 0 Å². The Morgan fingerprint density at radius 2 is 2.11 bits per heavy atom. The molecule has 100 valence electrons. The van der Waals surface area contributed by atoms with Crippen LogP contribution in [-0.4, -0.2) is 16.5 Å². The summed E-state index contributed by atoms with van der Waals surface area (Å²) < 4.78 is 1.90. The molecule has 6 heteroatoms. The van der Waals surface area contributed by atoms with Crippen LogP contribution in [0.2, 0.25) is 5.02 Å². The Bertz CT molecular complexity index is 619. The second kappa shape index (κ2) is 6.37. The molecule has 19 heavy (non-hydrogen) atoms. The molecule has 0 saturated heterocycles. The number of nitrogens with zero attached hydrogens (tertiary/aromatic N) is 2. The van der Waals surface area contributed by atoms with Crippen LogP contribution < -0.4 is 5.32 Å². The van der Waals surface area contributed by atoms with Crippen molar-refractivity contribution in [3.63, 3.8) is 0 Å². The van der Waals surface area contributed by atoms with Gasteiger partial charge in [-0.1, -0.05) is 11.6 Å². The lowest BCUT2D eigenvalue weighted by Crippen LogP contribution is -2.06. The lowest BCUT2D eigenvalue weighted by atomic mass is 10.2. The summed E-state index contributed by atoms with van der Waals surface area (Å²) in [5, 5.41) is 3.93. The Morgan fingerprint density at radius 3 is 2.74 bits per heavy atom. The molecule has 2 rings (SSSR count). The average molecular weight is 453 g/mol. The van der Waals surface area contributed by atoms with Gasteiger partial charge in [0, 0.05) is 16.6 Å². The minimum Gasteiger partial charge on any atom is -0.369 e. The van der Waals surface area contributed by atoms with E-state index >= 15 is 0 Å². The number of rotatable bonds is 3. The van der Waals surface area contributed by atoms with Crippen LogP contribution in [0.25, 0.3) is 11.4 Å². The summed E-state index contributed by atoms with van der Waals surface area (Å²) in [6, 6.07) is 5.69. The number of halogens is 3. The molecule has 0 saturated carbocycles. The van der Waals surface area contributed by atoms with Crippen LogP contribution >= 0.6 is 50.1 Å². The smallest absolute Gasteiger partial charge is 0.161 e. The quantitative estimate of drug-likeness (QED) is 0.673. The molecule has 0 aliphatic heterocycles. The van der Waals surface area contributed by atoms with E-state index in [1.54, 1.807) is 0 Å². The van der Waals surface area contributed by atoms with Crippen molar-refractivity contribution < 1.29 is 0 Å². The van der Waals surface area contributed by atoms with Crippen LogP contribution in [0.4, 0.5) is 5.82 Å². The molecular weight excluding hydrogens is 440 g/mol. The summed E-state index contributed by atoms with van der Waals surface area (Å²) in [5.74, 6) is 1.57. The van der Waals surface area contributed by atoms with Gasteiger partial charge >= 0.3 is 0 Å². The molecule has 0 atom stereocenters. The Labute approximate surface area is 139 Å². The number of aromatic nitrogens is 2. The average Bonchev–Trinajstić information content (AvgIpc) is 2.38. The molecule has 0 spiro atoms. The first kappa shape index (κ1) is 15.0. The zero-order valence-corrected chi connectivity index (χ0v) is 15.0. The number of benzene rings is 1. The molecule has 0 fully saturated rings. The third-order valence-corrected chi connectivity index (χ3v) is 5.04. The highest BCUT2D eigenvalue weighted by Gasteiger charge is 2.11. The van der Waals surface area contributed by atoms with Gasteiger partial charge in [0.2, 0.25) is 0 Å². The molecule has 1 N–H and O–H groups in total. The maximum Gasteiger partial charge on any atom is 0.161 e. The first-order valence-corrected chi connectivity index (χ1v) is 8.01. The van der Waals surface area contributed by atoms with Crippen LogP contribution in [0.1, 0.15) is 12.6 Å². The molecule has 2 aromatic rings. The van der Waals surface area contributed by atoms with Gasteiger partial charge in [-0.15, -0.1) is 0 Å². The van der Waals surface area contributed by atoms with Gasteiger partial charge in [0.25, 0.3) is 0 Å². The van der Waals surface area contributed by atoms with Crippen molar-refractivity contribution in [2.75, 3.05) is 11.9 Å². The van der Waals surface area contributed by atoms with Crippen molar-refractivity contribution in [2.45, 2.75) is 13.8 Å². The number of hydrogen-bond acceptors (Lipinski definition) is 3. The summed E-state index contributed by atoms with van der Waals surface area (Å²) in [7, 11) is 0. The molecule has 1 aromatic carbocycles. The standard InChI is InChI=1S/C13H12BrClIN3/c1-3-17-13-11(16)7(2)18-12(19-13)8-4-5-10(15)9(14)6-8/h4-6H,3H2,1-2H3,(H,17,18,19). The lowest BCUT2D eigenvalue weighted by Gasteiger charge is -2.10. The minimum absolute atomic E-state index is 0.679. The molecule has 1 aromatic heterocycles. The maximum atomic E-state index is 6.00. The predicted octanol–water partition coefficient (Wildman–Crippen LogP) is 4.90. The minimum atomic E-state index is 0.679. The third kappa shape index (κ3) is 3.38. The van der Waals surface area contributed by atoms with E-state index < -0.39 is 0 Å². The van der Waals surface area contributed by atoms with E-state index in [-0.39, 0.29) is 0 Å². The van der Waals surface area contributed by atoms with Crippen LogP contribution in [-0.2, 0) is 0 Å². The second-order valence-corrected chi connectivity index (χ2v) is 6.29. The third-order valence-electron chi connectivity index (χ3n) is 2.54. The lowest BCUT2D eigenvalue weighted by molar-refractivity contribution is 1.06. The fourth-order valence-electron chi connectivity index (χ4n) is 1.61. The summed E-state index contributed by atoms with van der Waals surface area (Å²) in [6.45, 7) is 4.86. The topological polar surface area (TPSA) is 37.8 Å². The molecule has 3 nitrogen and oxygen atoms in total.